The summed E-state index contributed by atoms with van der Waals surface area (Å²) in [6.07, 6.45) is 2.22. The highest BCUT2D eigenvalue weighted by Crippen LogP contribution is 2.41. The van der Waals surface area contributed by atoms with Crippen molar-refractivity contribution in [1.29, 1.82) is 0 Å². The van der Waals surface area contributed by atoms with Crippen molar-refractivity contribution in [3.05, 3.63) is 69.8 Å². The van der Waals surface area contributed by atoms with E-state index in [-0.39, 0.29) is 18.4 Å². The quantitative estimate of drug-likeness (QED) is 0.214. The SMILES string of the molecule is CCc1cc(/C(C)=N\OCc2ccc(C3CCCCC3)c(C(F)(F)F)c2)ccc1CN1CC(C=O)C1. The largest absolute Gasteiger partial charge is 0.416 e. The molecule has 7 heteroatoms. The molecule has 2 aromatic carbocycles. The van der Waals surface area contributed by atoms with Crippen molar-refractivity contribution in [1.82, 2.24) is 4.90 Å². The highest BCUT2D eigenvalue weighted by Gasteiger charge is 2.35. The molecule has 0 aromatic heterocycles. The fourth-order valence-electron chi connectivity index (χ4n) is 5.36. The Hall–Kier alpha value is -2.67. The zero-order valence-electron chi connectivity index (χ0n) is 21.1. The standard InChI is InChI=1S/C29H35F3N2O2/c1-3-23-14-25(10-11-26(23)17-34-15-22(16-34)18-35)20(2)33-36-19-21-9-12-27(24-7-5-4-6-8-24)28(13-21)29(30,31)32/h9-14,18,22,24H,3-8,15-17,19H2,1-2H3/b33-20-. The lowest BCUT2D eigenvalue weighted by Crippen LogP contribution is -2.46. The molecule has 0 amide bonds. The number of hydrogen-bond donors (Lipinski definition) is 0. The first kappa shape index (κ1) is 26.4. The summed E-state index contributed by atoms with van der Waals surface area (Å²) in [7, 11) is 0. The van der Waals surface area contributed by atoms with Gasteiger partial charge in [-0.3, -0.25) is 4.90 Å². The monoisotopic (exact) mass is 500 g/mol. The molecule has 0 radical (unpaired) electrons. The van der Waals surface area contributed by atoms with E-state index in [0.29, 0.717) is 16.8 Å². The van der Waals surface area contributed by atoms with Crippen LogP contribution in [0.3, 0.4) is 0 Å². The van der Waals surface area contributed by atoms with E-state index < -0.39 is 11.7 Å². The summed E-state index contributed by atoms with van der Waals surface area (Å²) in [4.78, 5) is 18.6. The second-order valence-corrected chi connectivity index (χ2v) is 10.1. The number of alkyl halides is 3. The molecule has 1 saturated heterocycles. The van der Waals surface area contributed by atoms with Gasteiger partial charge >= 0.3 is 6.18 Å². The molecule has 0 spiro atoms. The third kappa shape index (κ3) is 6.36. The Labute approximate surface area is 211 Å². The van der Waals surface area contributed by atoms with Crippen LogP contribution in [-0.4, -0.2) is 30.0 Å². The van der Waals surface area contributed by atoms with E-state index in [9.17, 15) is 18.0 Å². The van der Waals surface area contributed by atoms with Crippen LogP contribution in [0.1, 0.15) is 85.3 Å². The molecule has 4 rings (SSSR count). The highest BCUT2D eigenvalue weighted by molar-refractivity contribution is 5.98. The van der Waals surface area contributed by atoms with Gasteiger partial charge < -0.3 is 9.63 Å². The zero-order chi connectivity index (χ0) is 25.7. The highest BCUT2D eigenvalue weighted by atomic mass is 19.4. The summed E-state index contributed by atoms with van der Waals surface area (Å²) in [5, 5.41) is 4.19. The maximum atomic E-state index is 13.8. The number of carbonyl (C=O) groups is 1. The zero-order valence-corrected chi connectivity index (χ0v) is 21.1. The summed E-state index contributed by atoms with van der Waals surface area (Å²) in [5.74, 6) is 0.130. The predicted molar refractivity (Wildman–Crippen MR) is 135 cm³/mol. The minimum atomic E-state index is -4.38. The topological polar surface area (TPSA) is 41.9 Å². The number of halogens is 3. The fraction of sp³-hybridized carbons (Fsp3) is 0.517. The van der Waals surface area contributed by atoms with Crippen LogP contribution in [0, 0.1) is 5.92 Å². The van der Waals surface area contributed by atoms with Crippen LogP contribution < -0.4 is 0 Å². The Morgan fingerprint density at radius 1 is 1.08 bits per heavy atom. The summed E-state index contributed by atoms with van der Waals surface area (Å²) in [6, 6.07) is 10.8. The molecule has 2 aliphatic rings. The number of likely N-dealkylation sites (tertiary alicyclic amines) is 1. The fourth-order valence-corrected chi connectivity index (χ4v) is 5.36. The van der Waals surface area contributed by atoms with Crippen molar-refractivity contribution in [3.8, 4) is 0 Å². The first-order valence-electron chi connectivity index (χ1n) is 12.9. The van der Waals surface area contributed by atoms with Gasteiger partial charge in [-0.25, -0.2) is 0 Å². The maximum Gasteiger partial charge on any atom is 0.416 e. The number of benzene rings is 2. The van der Waals surface area contributed by atoms with E-state index in [1.165, 1.54) is 17.2 Å². The smallest absolute Gasteiger partial charge is 0.391 e. The molecule has 1 aliphatic heterocycles. The summed E-state index contributed by atoms with van der Waals surface area (Å²) in [5.41, 5.74) is 4.39. The van der Waals surface area contributed by atoms with Crippen LogP contribution in [0.15, 0.2) is 41.6 Å². The van der Waals surface area contributed by atoms with Crippen molar-refractivity contribution in [2.75, 3.05) is 13.1 Å². The van der Waals surface area contributed by atoms with Crippen molar-refractivity contribution in [2.45, 2.75) is 77.6 Å². The van der Waals surface area contributed by atoms with Gasteiger partial charge in [-0.2, -0.15) is 13.2 Å². The minimum Gasteiger partial charge on any atom is -0.391 e. The number of rotatable bonds is 9. The van der Waals surface area contributed by atoms with Gasteiger partial charge in [0, 0.05) is 25.6 Å². The van der Waals surface area contributed by atoms with Crippen LogP contribution in [0.2, 0.25) is 0 Å². The molecule has 0 atom stereocenters. The van der Waals surface area contributed by atoms with Gasteiger partial charge in [-0.05, 0) is 72.1 Å². The molecule has 1 aliphatic carbocycles. The Kier molecular flexibility index (Phi) is 8.50. The molecule has 0 unspecified atom stereocenters. The molecule has 4 nitrogen and oxygen atoms in total. The van der Waals surface area contributed by atoms with Gasteiger partial charge in [0.2, 0.25) is 0 Å². The van der Waals surface area contributed by atoms with Crippen molar-refractivity contribution < 1.29 is 22.8 Å². The number of hydrogen-bond acceptors (Lipinski definition) is 4. The normalized spacial score (nSPS) is 18.2. The molecule has 1 saturated carbocycles. The molecule has 2 aromatic rings. The van der Waals surface area contributed by atoms with E-state index in [2.05, 4.69) is 29.1 Å². The average Bonchev–Trinajstić information content (AvgIpc) is 2.85. The van der Waals surface area contributed by atoms with Gasteiger partial charge in [0.25, 0.3) is 0 Å². The first-order valence-corrected chi connectivity index (χ1v) is 12.9. The van der Waals surface area contributed by atoms with Crippen LogP contribution in [0.5, 0.6) is 0 Å². The lowest BCUT2D eigenvalue weighted by atomic mass is 9.81. The van der Waals surface area contributed by atoms with Crippen LogP contribution >= 0.6 is 0 Å². The van der Waals surface area contributed by atoms with E-state index in [1.807, 2.05) is 13.0 Å². The van der Waals surface area contributed by atoms with Crippen LogP contribution in [0.4, 0.5) is 13.2 Å². The molecule has 0 bridgehead atoms. The number of nitrogens with zero attached hydrogens (tertiary/aromatic N) is 2. The second-order valence-electron chi connectivity index (χ2n) is 10.1. The summed E-state index contributed by atoms with van der Waals surface area (Å²) >= 11 is 0. The van der Waals surface area contributed by atoms with E-state index in [0.717, 1.165) is 70.0 Å². The predicted octanol–water partition coefficient (Wildman–Crippen LogP) is 6.89. The molecular formula is C29H35F3N2O2. The van der Waals surface area contributed by atoms with Crippen LogP contribution in [0.25, 0.3) is 0 Å². The first-order chi connectivity index (χ1) is 17.3. The Morgan fingerprint density at radius 3 is 2.50 bits per heavy atom. The minimum absolute atomic E-state index is 0.0169. The number of carbonyl (C=O) groups excluding carboxylic acids is 1. The molecule has 194 valence electrons. The van der Waals surface area contributed by atoms with Crippen LogP contribution in [-0.2, 0) is 35.4 Å². The molecule has 2 fully saturated rings. The number of oxime groups is 1. The summed E-state index contributed by atoms with van der Waals surface area (Å²) < 4.78 is 41.4. The van der Waals surface area contributed by atoms with Crippen molar-refractivity contribution >= 4 is 12.0 Å². The molecular weight excluding hydrogens is 465 g/mol. The van der Waals surface area contributed by atoms with Crippen molar-refractivity contribution in [2.24, 2.45) is 11.1 Å². The third-order valence-corrected chi connectivity index (χ3v) is 7.48. The second kappa shape index (κ2) is 11.6. The third-order valence-electron chi connectivity index (χ3n) is 7.48. The van der Waals surface area contributed by atoms with E-state index >= 15 is 0 Å². The molecule has 36 heavy (non-hydrogen) atoms. The van der Waals surface area contributed by atoms with Gasteiger partial charge in [-0.15, -0.1) is 0 Å². The van der Waals surface area contributed by atoms with Gasteiger partial charge in [-0.1, -0.05) is 55.6 Å². The lowest BCUT2D eigenvalue weighted by Gasteiger charge is -2.36. The average molecular weight is 501 g/mol. The van der Waals surface area contributed by atoms with Crippen molar-refractivity contribution in [3.63, 3.8) is 0 Å². The van der Waals surface area contributed by atoms with E-state index in [1.54, 1.807) is 12.1 Å². The van der Waals surface area contributed by atoms with Gasteiger partial charge in [0.1, 0.15) is 12.9 Å². The summed E-state index contributed by atoms with van der Waals surface area (Å²) in [6.45, 7) is 6.35. The lowest BCUT2D eigenvalue weighted by molar-refractivity contribution is -0.138. The Balaban J connectivity index is 1.41. The Morgan fingerprint density at radius 2 is 1.83 bits per heavy atom. The Bertz CT molecular complexity index is 1080. The molecule has 0 N–H and O–H groups in total. The van der Waals surface area contributed by atoms with E-state index in [4.69, 9.17) is 4.84 Å². The number of aryl methyl sites for hydroxylation is 1. The van der Waals surface area contributed by atoms with Gasteiger partial charge in [0.05, 0.1) is 11.3 Å². The van der Waals surface area contributed by atoms with Gasteiger partial charge in [0.15, 0.2) is 0 Å². The maximum absolute atomic E-state index is 13.8. The molecule has 1 heterocycles. The number of aldehydes is 1.